The molecule has 64 valence electrons. The normalized spacial score (nSPS) is 9.75. The van der Waals surface area contributed by atoms with Crippen molar-refractivity contribution in [2.75, 3.05) is 0 Å². The highest BCUT2D eigenvalue weighted by Crippen LogP contribution is 2.19. The van der Waals surface area contributed by atoms with Crippen LogP contribution in [0.5, 0.6) is 5.88 Å². The first-order valence-electron chi connectivity index (χ1n) is 3.25. The average Bonchev–Trinajstić information content (AvgIpc) is 2.03. The van der Waals surface area contributed by atoms with Gasteiger partial charge in [0.25, 0.3) is 5.69 Å². The van der Waals surface area contributed by atoms with Crippen LogP contribution >= 0.6 is 0 Å². The Kier molecular flexibility index (Phi) is 2.20. The molecule has 6 heteroatoms. The number of pyridine rings is 1. The second kappa shape index (κ2) is 3.14. The fourth-order valence-corrected chi connectivity index (χ4v) is 0.750. The molecule has 0 spiro atoms. The number of quaternary nitrogens is 1. The van der Waals surface area contributed by atoms with Gasteiger partial charge in [-0.3, -0.25) is 15.1 Å². The fourth-order valence-electron chi connectivity index (χ4n) is 0.750. The maximum atomic E-state index is 10.9. The summed E-state index contributed by atoms with van der Waals surface area (Å²) in [5.74, 6) is -0.804. The van der Waals surface area contributed by atoms with Crippen LogP contribution in [0.4, 0.5) is 5.69 Å². The maximum Gasteiger partial charge on any atom is 0.280 e. The first kappa shape index (κ1) is 8.41. The van der Waals surface area contributed by atoms with E-state index in [2.05, 4.69) is 10.7 Å². The van der Waals surface area contributed by atoms with E-state index in [1.807, 2.05) is 0 Å². The lowest BCUT2D eigenvalue weighted by molar-refractivity contribution is -0.401. The molecule has 1 rings (SSSR count). The Labute approximate surface area is 67.8 Å². The van der Waals surface area contributed by atoms with E-state index < -0.39 is 16.5 Å². The van der Waals surface area contributed by atoms with Crippen LogP contribution in [0.1, 0.15) is 5.69 Å². The van der Waals surface area contributed by atoms with E-state index in [4.69, 9.17) is 0 Å². The smallest absolute Gasteiger partial charge is 0.280 e. The molecular formula is C6H7N3O3. The van der Waals surface area contributed by atoms with Crippen LogP contribution in [-0.2, 0) is 6.54 Å². The summed E-state index contributed by atoms with van der Waals surface area (Å²) in [7, 11) is 0. The molecule has 1 heterocycles. The van der Waals surface area contributed by atoms with Gasteiger partial charge in [-0.25, -0.2) is 0 Å². The summed E-state index contributed by atoms with van der Waals surface area (Å²) in [4.78, 5) is 12.9. The second-order valence-corrected chi connectivity index (χ2v) is 2.13. The van der Waals surface area contributed by atoms with E-state index in [1.165, 1.54) is 6.07 Å². The van der Waals surface area contributed by atoms with Gasteiger partial charge in [0.05, 0.1) is 16.5 Å². The van der Waals surface area contributed by atoms with Crippen molar-refractivity contribution in [1.82, 2.24) is 4.98 Å². The summed E-state index contributed by atoms with van der Waals surface area (Å²) in [6.07, 6.45) is 0. The van der Waals surface area contributed by atoms with Crippen molar-refractivity contribution in [2.24, 2.45) is 0 Å². The Hall–Kier alpha value is -1.69. The number of hydrogen-bond donors (Lipinski definition) is 1. The summed E-state index contributed by atoms with van der Waals surface area (Å²) < 4.78 is 0. The molecule has 3 N–H and O–H groups in total. The van der Waals surface area contributed by atoms with E-state index in [-0.39, 0.29) is 0 Å². The van der Waals surface area contributed by atoms with E-state index in [0.29, 0.717) is 12.2 Å². The molecule has 12 heavy (non-hydrogen) atoms. The van der Waals surface area contributed by atoms with Gasteiger partial charge in [0.15, 0.2) is 0 Å². The topological polar surface area (TPSA) is 107 Å². The standard InChI is InChI=1S/C6H7N3O3/c7-3-4-1-2-5(9(11)12)6(10)8-4/h1-2H,3,7H2,(H,8,10). The number of hydrogen-bond acceptors (Lipinski definition) is 4. The van der Waals surface area contributed by atoms with Crippen molar-refractivity contribution in [3.63, 3.8) is 0 Å². The van der Waals surface area contributed by atoms with Crippen molar-refractivity contribution >= 4 is 5.69 Å². The van der Waals surface area contributed by atoms with Crippen molar-refractivity contribution in [2.45, 2.75) is 6.54 Å². The number of rotatable bonds is 2. The van der Waals surface area contributed by atoms with Crippen LogP contribution < -0.4 is 10.8 Å². The van der Waals surface area contributed by atoms with Gasteiger partial charge in [-0.15, -0.1) is 0 Å². The molecular weight excluding hydrogens is 162 g/mol. The first-order chi connectivity index (χ1) is 5.65. The Morgan fingerprint density at radius 2 is 2.25 bits per heavy atom. The highest BCUT2D eigenvalue weighted by Gasteiger charge is 2.07. The molecule has 0 aliphatic heterocycles. The van der Waals surface area contributed by atoms with Gasteiger partial charge < -0.3 is 10.8 Å². The number of nitrogens with zero attached hydrogens (tertiary/aromatic N) is 2. The predicted molar refractivity (Wildman–Crippen MR) is 36.9 cm³/mol. The molecule has 0 atom stereocenters. The van der Waals surface area contributed by atoms with Crippen LogP contribution in [0.2, 0.25) is 0 Å². The molecule has 0 aliphatic rings. The molecule has 0 aliphatic carbocycles. The molecule has 0 aromatic carbocycles. The van der Waals surface area contributed by atoms with E-state index in [9.17, 15) is 15.2 Å². The first-order valence-corrected chi connectivity index (χ1v) is 3.25. The lowest BCUT2D eigenvalue weighted by atomic mass is 10.3. The Morgan fingerprint density at radius 3 is 2.67 bits per heavy atom. The molecule has 0 saturated heterocycles. The monoisotopic (exact) mass is 169 g/mol. The molecule has 1 aromatic heterocycles. The van der Waals surface area contributed by atoms with Crippen LogP contribution in [0.25, 0.3) is 0 Å². The highest BCUT2D eigenvalue weighted by atomic mass is 16.6. The molecule has 0 unspecified atom stereocenters. The zero-order valence-electron chi connectivity index (χ0n) is 6.19. The third kappa shape index (κ3) is 1.48. The largest absolute Gasteiger partial charge is 0.854 e. The van der Waals surface area contributed by atoms with E-state index >= 15 is 0 Å². The van der Waals surface area contributed by atoms with Crippen LogP contribution in [-0.4, -0.2) is 9.91 Å². The molecule has 0 amide bonds. The summed E-state index contributed by atoms with van der Waals surface area (Å²) in [6, 6.07) is 2.57. The minimum absolute atomic E-state index is 0.354. The molecule has 0 bridgehead atoms. The molecule has 6 nitrogen and oxygen atoms in total. The van der Waals surface area contributed by atoms with Gasteiger partial charge in [-0.1, -0.05) is 0 Å². The van der Waals surface area contributed by atoms with Crippen molar-refractivity contribution < 1.29 is 15.8 Å². The van der Waals surface area contributed by atoms with Crippen molar-refractivity contribution in [1.29, 1.82) is 0 Å². The summed E-state index contributed by atoms with van der Waals surface area (Å²) in [5.41, 5.74) is 3.47. The van der Waals surface area contributed by atoms with Gasteiger partial charge in [0.2, 0.25) is 0 Å². The molecule has 0 radical (unpaired) electrons. The minimum Gasteiger partial charge on any atom is -0.854 e. The summed E-state index contributed by atoms with van der Waals surface area (Å²) in [5, 5.41) is 21.0. The minimum atomic E-state index is -0.804. The fraction of sp³-hybridized carbons (Fsp3) is 0.167. The third-order valence-corrected chi connectivity index (χ3v) is 1.35. The second-order valence-electron chi connectivity index (χ2n) is 2.13. The van der Waals surface area contributed by atoms with Crippen LogP contribution in [0.15, 0.2) is 12.1 Å². The summed E-state index contributed by atoms with van der Waals surface area (Å²) >= 11 is 0. The van der Waals surface area contributed by atoms with Gasteiger partial charge in [0, 0.05) is 6.07 Å². The molecule has 0 saturated carbocycles. The Balaban J connectivity index is 3.12. The zero-order chi connectivity index (χ0) is 9.14. The van der Waals surface area contributed by atoms with Crippen molar-refractivity contribution in [3.05, 3.63) is 27.9 Å². The quantitative estimate of drug-likeness (QED) is 0.443. The van der Waals surface area contributed by atoms with Gasteiger partial charge in [0.1, 0.15) is 6.54 Å². The van der Waals surface area contributed by atoms with Gasteiger partial charge >= 0.3 is 0 Å². The Morgan fingerprint density at radius 1 is 1.58 bits per heavy atom. The third-order valence-electron chi connectivity index (χ3n) is 1.35. The SMILES string of the molecule is [NH3+]Cc1ccc([N+](=O)[O-])c([O-])n1. The lowest BCUT2D eigenvalue weighted by Crippen LogP contribution is -2.47. The van der Waals surface area contributed by atoms with Gasteiger partial charge in [-0.05, 0) is 6.07 Å². The van der Waals surface area contributed by atoms with E-state index in [0.717, 1.165) is 6.07 Å². The predicted octanol–water partition coefficient (Wildman–Crippen LogP) is -1.19. The summed E-state index contributed by atoms with van der Waals surface area (Å²) in [6.45, 7) is 0.354. The van der Waals surface area contributed by atoms with Gasteiger partial charge in [-0.2, -0.15) is 0 Å². The lowest BCUT2D eigenvalue weighted by Gasteiger charge is -2.04. The Bertz CT molecular complexity index is 313. The number of nitro groups is 1. The van der Waals surface area contributed by atoms with Crippen LogP contribution in [0, 0.1) is 10.1 Å². The van der Waals surface area contributed by atoms with E-state index in [1.54, 1.807) is 0 Å². The van der Waals surface area contributed by atoms with Crippen LogP contribution in [0.3, 0.4) is 0 Å². The average molecular weight is 169 g/mol. The number of aromatic nitrogens is 1. The maximum absolute atomic E-state index is 10.9. The molecule has 1 aromatic rings. The molecule has 0 fully saturated rings. The van der Waals surface area contributed by atoms with Crippen molar-refractivity contribution in [3.8, 4) is 5.88 Å². The highest BCUT2D eigenvalue weighted by molar-refractivity contribution is 5.39. The zero-order valence-corrected chi connectivity index (χ0v) is 6.19.